The number of aryl methyl sites for hydroxylation is 1. The van der Waals surface area contributed by atoms with E-state index in [1.165, 1.54) is 6.07 Å². The third-order valence-electron chi connectivity index (χ3n) is 5.31. The second kappa shape index (κ2) is 7.87. The average Bonchev–Trinajstić information content (AvgIpc) is 2.97. The summed E-state index contributed by atoms with van der Waals surface area (Å²) in [6.45, 7) is 5.12. The molecule has 2 heterocycles. The number of benzene rings is 2. The molecule has 4 aromatic rings. The molecule has 1 N–H and O–H groups in total. The Morgan fingerprint density at radius 3 is 2.66 bits per heavy atom. The summed E-state index contributed by atoms with van der Waals surface area (Å²) in [6.07, 6.45) is 3.45. The molecule has 2 aromatic carbocycles. The Labute approximate surface area is 169 Å². The molecule has 0 spiro atoms. The highest BCUT2D eigenvalue weighted by Gasteiger charge is 2.14. The summed E-state index contributed by atoms with van der Waals surface area (Å²) < 4.78 is 15.7. The first-order valence-corrected chi connectivity index (χ1v) is 9.54. The standard InChI is InChI=1S/C24H22FN3O/c1-16-17(2)28(15-18-5-3-7-21(25)11-18)23-9-8-20(12-22(16)23)24(29)27-14-19-6-4-10-26-13-19/h3-13H,14-15H2,1-2H3,(H,27,29). The van der Waals surface area contributed by atoms with Crippen molar-refractivity contribution >= 4 is 16.8 Å². The van der Waals surface area contributed by atoms with Gasteiger partial charge in [0, 0.05) is 47.6 Å². The molecular weight excluding hydrogens is 365 g/mol. The number of pyridine rings is 1. The van der Waals surface area contributed by atoms with Crippen LogP contribution in [-0.4, -0.2) is 15.5 Å². The first-order valence-electron chi connectivity index (χ1n) is 9.54. The molecule has 0 aliphatic rings. The molecule has 29 heavy (non-hydrogen) atoms. The van der Waals surface area contributed by atoms with E-state index in [2.05, 4.69) is 28.7 Å². The zero-order valence-corrected chi connectivity index (χ0v) is 16.4. The van der Waals surface area contributed by atoms with Crippen LogP contribution in [0.25, 0.3) is 10.9 Å². The van der Waals surface area contributed by atoms with Gasteiger partial charge in [0.15, 0.2) is 0 Å². The van der Waals surface area contributed by atoms with Crippen LogP contribution in [0.4, 0.5) is 4.39 Å². The molecular formula is C24H22FN3O. The Bertz CT molecular complexity index is 1180. The lowest BCUT2D eigenvalue weighted by Crippen LogP contribution is -2.22. The zero-order valence-electron chi connectivity index (χ0n) is 16.4. The highest BCUT2D eigenvalue weighted by Crippen LogP contribution is 2.27. The summed E-state index contributed by atoms with van der Waals surface area (Å²) in [7, 11) is 0. The van der Waals surface area contributed by atoms with E-state index in [0.29, 0.717) is 18.7 Å². The van der Waals surface area contributed by atoms with E-state index in [9.17, 15) is 9.18 Å². The van der Waals surface area contributed by atoms with E-state index in [4.69, 9.17) is 0 Å². The molecule has 4 nitrogen and oxygen atoms in total. The van der Waals surface area contributed by atoms with Crippen LogP contribution in [0.1, 0.15) is 32.7 Å². The lowest BCUT2D eigenvalue weighted by Gasteiger charge is -2.09. The zero-order chi connectivity index (χ0) is 20.4. The third-order valence-corrected chi connectivity index (χ3v) is 5.31. The SMILES string of the molecule is Cc1c(C)n(Cc2cccc(F)c2)c2ccc(C(=O)NCc3cccnc3)cc12. The summed E-state index contributed by atoms with van der Waals surface area (Å²) in [5, 5.41) is 3.97. The van der Waals surface area contributed by atoms with Gasteiger partial charge in [-0.15, -0.1) is 0 Å². The van der Waals surface area contributed by atoms with E-state index >= 15 is 0 Å². The maximum Gasteiger partial charge on any atom is 0.251 e. The van der Waals surface area contributed by atoms with Gasteiger partial charge in [-0.05, 0) is 66.9 Å². The van der Waals surface area contributed by atoms with Crippen LogP contribution in [-0.2, 0) is 13.1 Å². The van der Waals surface area contributed by atoms with Gasteiger partial charge in [0.05, 0.1) is 0 Å². The fourth-order valence-electron chi connectivity index (χ4n) is 3.60. The Balaban J connectivity index is 1.61. The lowest BCUT2D eigenvalue weighted by molar-refractivity contribution is 0.0951. The number of fused-ring (bicyclic) bond motifs is 1. The van der Waals surface area contributed by atoms with Crippen molar-refractivity contribution in [2.75, 3.05) is 0 Å². The highest BCUT2D eigenvalue weighted by molar-refractivity contribution is 5.99. The summed E-state index contributed by atoms with van der Waals surface area (Å²) >= 11 is 0. The maximum atomic E-state index is 13.6. The second-order valence-corrected chi connectivity index (χ2v) is 7.20. The van der Waals surface area contributed by atoms with E-state index in [-0.39, 0.29) is 11.7 Å². The number of hydrogen-bond donors (Lipinski definition) is 1. The van der Waals surface area contributed by atoms with E-state index in [1.54, 1.807) is 24.5 Å². The third kappa shape index (κ3) is 3.90. The number of aromatic nitrogens is 2. The monoisotopic (exact) mass is 387 g/mol. The Morgan fingerprint density at radius 1 is 1.07 bits per heavy atom. The first-order chi connectivity index (χ1) is 14.0. The van der Waals surface area contributed by atoms with Gasteiger partial charge in [-0.1, -0.05) is 18.2 Å². The van der Waals surface area contributed by atoms with Crippen molar-refractivity contribution in [3.63, 3.8) is 0 Å². The number of hydrogen-bond acceptors (Lipinski definition) is 2. The smallest absolute Gasteiger partial charge is 0.251 e. The normalized spacial score (nSPS) is 11.0. The minimum Gasteiger partial charge on any atom is -0.348 e. The molecule has 1 amide bonds. The van der Waals surface area contributed by atoms with Crippen LogP contribution in [0, 0.1) is 19.7 Å². The van der Waals surface area contributed by atoms with E-state index < -0.39 is 0 Å². The lowest BCUT2D eigenvalue weighted by atomic mass is 10.1. The summed E-state index contributed by atoms with van der Waals surface area (Å²) in [5.41, 5.74) is 5.74. The molecule has 0 aliphatic heterocycles. The van der Waals surface area contributed by atoms with Crippen molar-refractivity contribution in [3.05, 3.63) is 101 Å². The molecule has 0 fully saturated rings. The van der Waals surface area contributed by atoms with Gasteiger partial charge in [-0.3, -0.25) is 9.78 Å². The first kappa shape index (κ1) is 18.9. The topological polar surface area (TPSA) is 46.9 Å². The predicted molar refractivity (Wildman–Crippen MR) is 112 cm³/mol. The molecule has 0 radical (unpaired) electrons. The fraction of sp³-hybridized carbons (Fsp3) is 0.167. The van der Waals surface area contributed by atoms with Crippen LogP contribution in [0.5, 0.6) is 0 Å². The Hall–Kier alpha value is -3.47. The number of halogens is 1. The van der Waals surface area contributed by atoms with Gasteiger partial charge in [-0.2, -0.15) is 0 Å². The average molecular weight is 387 g/mol. The molecule has 2 aromatic heterocycles. The van der Waals surface area contributed by atoms with Gasteiger partial charge < -0.3 is 9.88 Å². The molecule has 0 aliphatic carbocycles. The largest absolute Gasteiger partial charge is 0.348 e. The van der Waals surface area contributed by atoms with Crippen molar-refractivity contribution in [2.24, 2.45) is 0 Å². The molecule has 0 saturated heterocycles. The fourth-order valence-corrected chi connectivity index (χ4v) is 3.60. The van der Waals surface area contributed by atoms with Crippen molar-refractivity contribution < 1.29 is 9.18 Å². The van der Waals surface area contributed by atoms with Crippen molar-refractivity contribution in [1.82, 2.24) is 14.9 Å². The van der Waals surface area contributed by atoms with E-state index in [1.807, 2.05) is 36.4 Å². The van der Waals surface area contributed by atoms with Crippen LogP contribution in [0.2, 0.25) is 0 Å². The molecule has 0 atom stereocenters. The van der Waals surface area contributed by atoms with Crippen LogP contribution in [0.3, 0.4) is 0 Å². The van der Waals surface area contributed by atoms with Gasteiger partial charge in [0.2, 0.25) is 0 Å². The molecule has 0 saturated carbocycles. The molecule has 5 heteroatoms. The maximum absolute atomic E-state index is 13.6. The number of nitrogens with zero attached hydrogens (tertiary/aromatic N) is 2. The predicted octanol–water partition coefficient (Wildman–Crippen LogP) is 4.77. The van der Waals surface area contributed by atoms with Crippen LogP contribution in [0.15, 0.2) is 67.0 Å². The van der Waals surface area contributed by atoms with Crippen LogP contribution >= 0.6 is 0 Å². The highest BCUT2D eigenvalue weighted by atomic mass is 19.1. The Morgan fingerprint density at radius 2 is 1.90 bits per heavy atom. The van der Waals surface area contributed by atoms with Gasteiger partial charge in [-0.25, -0.2) is 4.39 Å². The summed E-state index contributed by atoms with van der Waals surface area (Å²) in [5.74, 6) is -0.355. The van der Waals surface area contributed by atoms with Crippen molar-refractivity contribution in [1.29, 1.82) is 0 Å². The Kier molecular flexibility index (Phi) is 5.12. The quantitative estimate of drug-likeness (QED) is 0.536. The molecule has 146 valence electrons. The number of rotatable bonds is 5. The number of amides is 1. The minimum absolute atomic E-state index is 0.120. The summed E-state index contributed by atoms with van der Waals surface area (Å²) in [6, 6.07) is 16.2. The summed E-state index contributed by atoms with van der Waals surface area (Å²) in [4.78, 5) is 16.7. The van der Waals surface area contributed by atoms with E-state index in [0.717, 1.165) is 33.3 Å². The molecule has 0 unspecified atom stereocenters. The van der Waals surface area contributed by atoms with Crippen LogP contribution < -0.4 is 5.32 Å². The number of carbonyl (C=O) groups is 1. The van der Waals surface area contributed by atoms with Gasteiger partial charge in [0.25, 0.3) is 5.91 Å². The molecule has 4 rings (SSSR count). The van der Waals surface area contributed by atoms with Crippen molar-refractivity contribution in [2.45, 2.75) is 26.9 Å². The minimum atomic E-state index is -0.235. The van der Waals surface area contributed by atoms with Gasteiger partial charge in [0.1, 0.15) is 5.82 Å². The number of carbonyl (C=O) groups excluding carboxylic acids is 1. The number of nitrogens with one attached hydrogen (secondary N) is 1. The van der Waals surface area contributed by atoms with Crippen molar-refractivity contribution in [3.8, 4) is 0 Å². The molecule has 0 bridgehead atoms. The second-order valence-electron chi connectivity index (χ2n) is 7.20. The van der Waals surface area contributed by atoms with Gasteiger partial charge >= 0.3 is 0 Å².